The van der Waals surface area contributed by atoms with Gasteiger partial charge in [-0.25, -0.2) is 9.97 Å². The lowest BCUT2D eigenvalue weighted by atomic mass is 10.0. The van der Waals surface area contributed by atoms with Crippen LogP contribution in [-0.2, 0) is 4.74 Å². The molecule has 1 unspecified atom stereocenters. The lowest BCUT2D eigenvalue weighted by molar-refractivity contribution is -0.00549. The third-order valence-corrected chi connectivity index (χ3v) is 6.08. The first kappa shape index (κ1) is 25.1. The Balaban J connectivity index is 1.77. The Bertz CT molecular complexity index is 1140. The smallest absolute Gasteiger partial charge is 0.162 e. The molecule has 1 aliphatic heterocycles. The van der Waals surface area contributed by atoms with Gasteiger partial charge in [-0.3, -0.25) is 0 Å². The van der Waals surface area contributed by atoms with Gasteiger partial charge in [0.2, 0.25) is 0 Å². The monoisotopic (exact) mass is 481 g/mol. The van der Waals surface area contributed by atoms with Crippen molar-refractivity contribution in [3.05, 3.63) is 41.3 Å². The second-order valence-corrected chi connectivity index (χ2v) is 9.26. The van der Waals surface area contributed by atoms with Gasteiger partial charge in [0.05, 0.1) is 29.2 Å². The molecule has 1 aromatic carbocycles. The van der Waals surface area contributed by atoms with Crippen LogP contribution in [0.15, 0.2) is 28.8 Å². The summed E-state index contributed by atoms with van der Waals surface area (Å²) >= 11 is 0. The van der Waals surface area contributed by atoms with E-state index >= 15 is 0 Å². The van der Waals surface area contributed by atoms with E-state index in [2.05, 4.69) is 29.2 Å². The third-order valence-electron chi connectivity index (χ3n) is 6.08. The largest absolute Gasteiger partial charge is 0.491 e. The van der Waals surface area contributed by atoms with Gasteiger partial charge < -0.3 is 29.3 Å². The van der Waals surface area contributed by atoms with Crippen molar-refractivity contribution in [3.63, 3.8) is 0 Å². The SMILES string of the molecule is CNCC(O)COc1cccc(-c2nc(-c3c(C)noc3C)c(C)c(N3C[C@@H](C)O[C@@H](C)C3)n2)c1. The number of aromatic nitrogens is 3. The summed E-state index contributed by atoms with van der Waals surface area (Å²) in [6.45, 7) is 12.2. The van der Waals surface area contributed by atoms with Crippen LogP contribution >= 0.6 is 0 Å². The van der Waals surface area contributed by atoms with Gasteiger partial charge in [-0.05, 0) is 53.8 Å². The molecule has 35 heavy (non-hydrogen) atoms. The standard InChI is InChI=1S/C26H35N5O4/c1-15-12-31(13-16(2)34-15)26-17(3)24(23-18(4)30-35-19(23)5)28-25(29-26)20-8-7-9-22(10-20)33-14-21(32)11-27-6/h7-10,15-16,21,27,32H,11-14H2,1-6H3/t15-,16+,21?. The first-order chi connectivity index (χ1) is 16.8. The molecule has 0 amide bonds. The molecule has 2 N–H and O–H groups in total. The van der Waals surface area contributed by atoms with Crippen molar-refractivity contribution in [2.75, 3.05) is 38.2 Å². The van der Waals surface area contributed by atoms with E-state index in [0.717, 1.165) is 52.7 Å². The highest BCUT2D eigenvalue weighted by Gasteiger charge is 2.28. The molecule has 9 heteroatoms. The van der Waals surface area contributed by atoms with E-state index in [9.17, 15) is 5.11 Å². The lowest BCUT2D eigenvalue weighted by Gasteiger charge is -2.37. The summed E-state index contributed by atoms with van der Waals surface area (Å²) in [5.74, 6) is 2.84. The van der Waals surface area contributed by atoms with E-state index in [0.29, 0.717) is 18.1 Å². The molecule has 1 saturated heterocycles. The van der Waals surface area contributed by atoms with E-state index in [1.807, 2.05) is 45.0 Å². The van der Waals surface area contributed by atoms with Crippen molar-refractivity contribution in [1.29, 1.82) is 0 Å². The van der Waals surface area contributed by atoms with Crippen molar-refractivity contribution < 1.29 is 19.1 Å². The second kappa shape index (κ2) is 10.7. The summed E-state index contributed by atoms with van der Waals surface area (Å²) in [5.41, 5.74) is 4.30. The fourth-order valence-electron chi connectivity index (χ4n) is 4.57. The molecule has 0 saturated carbocycles. The molecular formula is C26H35N5O4. The van der Waals surface area contributed by atoms with E-state index < -0.39 is 6.10 Å². The predicted octanol–water partition coefficient (Wildman–Crippen LogP) is 3.30. The van der Waals surface area contributed by atoms with Crippen molar-refractivity contribution in [2.24, 2.45) is 0 Å². The molecule has 0 bridgehead atoms. The van der Waals surface area contributed by atoms with Crippen LogP contribution in [0, 0.1) is 20.8 Å². The molecule has 188 valence electrons. The predicted molar refractivity (Wildman–Crippen MR) is 135 cm³/mol. The van der Waals surface area contributed by atoms with Crippen molar-refractivity contribution in [2.45, 2.75) is 52.9 Å². The van der Waals surface area contributed by atoms with Crippen LogP contribution < -0.4 is 15.0 Å². The van der Waals surface area contributed by atoms with Crippen LogP contribution in [0.1, 0.15) is 30.9 Å². The fourth-order valence-corrected chi connectivity index (χ4v) is 4.57. The van der Waals surface area contributed by atoms with E-state index in [-0.39, 0.29) is 18.8 Å². The van der Waals surface area contributed by atoms with Gasteiger partial charge in [0.1, 0.15) is 30.0 Å². The number of ether oxygens (including phenoxy) is 2. The number of aliphatic hydroxyl groups excluding tert-OH is 1. The topological polar surface area (TPSA) is 106 Å². The average Bonchev–Trinajstić information content (AvgIpc) is 3.15. The summed E-state index contributed by atoms with van der Waals surface area (Å²) < 4.78 is 17.3. The lowest BCUT2D eigenvalue weighted by Crippen LogP contribution is -2.46. The first-order valence-electron chi connectivity index (χ1n) is 12.0. The minimum absolute atomic E-state index is 0.0971. The number of hydrogen-bond donors (Lipinski definition) is 2. The average molecular weight is 482 g/mol. The minimum Gasteiger partial charge on any atom is -0.491 e. The van der Waals surface area contributed by atoms with Crippen molar-refractivity contribution in [3.8, 4) is 28.4 Å². The van der Waals surface area contributed by atoms with Gasteiger partial charge in [0, 0.05) is 30.8 Å². The Labute approximate surface area is 206 Å². The third kappa shape index (κ3) is 5.63. The summed E-state index contributed by atoms with van der Waals surface area (Å²) in [6, 6.07) is 7.65. The highest BCUT2D eigenvalue weighted by atomic mass is 16.5. The summed E-state index contributed by atoms with van der Waals surface area (Å²) in [7, 11) is 1.79. The Kier molecular flexibility index (Phi) is 7.69. The number of rotatable bonds is 8. The zero-order valence-corrected chi connectivity index (χ0v) is 21.3. The van der Waals surface area contributed by atoms with Crippen LogP contribution in [0.5, 0.6) is 5.75 Å². The van der Waals surface area contributed by atoms with Gasteiger partial charge in [-0.2, -0.15) is 0 Å². The molecule has 0 radical (unpaired) electrons. The van der Waals surface area contributed by atoms with Gasteiger partial charge in [0.15, 0.2) is 5.82 Å². The summed E-state index contributed by atoms with van der Waals surface area (Å²) in [5, 5.41) is 17.1. The molecular weight excluding hydrogens is 446 g/mol. The number of aryl methyl sites for hydroxylation is 2. The number of likely N-dealkylation sites (N-methyl/N-ethyl adjacent to an activating group) is 1. The van der Waals surface area contributed by atoms with Crippen molar-refractivity contribution >= 4 is 5.82 Å². The summed E-state index contributed by atoms with van der Waals surface area (Å²) in [4.78, 5) is 12.3. The van der Waals surface area contributed by atoms with E-state index in [1.54, 1.807) is 7.05 Å². The second-order valence-electron chi connectivity index (χ2n) is 9.26. The Morgan fingerprint density at radius 3 is 2.57 bits per heavy atom. The molecule has 9 nitrogen and oxygen atoms in total. The van der Waals surface area contributed by atoms with Crippen molar-refractivity contribution in [1.82, 2.24) is 20.4 Å². The molecule has 3 aromatic rings. The molecule has 2 aromatic heterocycles. The summed E-state index contributed by atoms with van der Waals surface area (Å²) in [6.07, 6.45) is -0.401. The maximum absolute atomic E-state index is 10.0. The zero-order chi connectivity index (χ0) is 25.1. The number of aliphatic hydroxyl groups is 1. The first-order valence-corrected chi connectivity index (χ1v) is 12.0. The van der Waals surface area contributed by atoms with Crippen LogP contribution in [-0.4, -0.2) is 71.8 Å². The molecule has 0 aliphatic carbocycles. The zero-order valence-electron chi connectivity index (χ0n) is 21.3. The van der Waals surface area contributed by atoms with E-state index in [1.165, 1.54) is 0 Å². The van der Waals surface area contributed by atoms with Crippen LogP contribution in [0.25, 0.3) is 22.6 Å². The molecule has 0 spiro atoms. The highest BCUT2D eigenvalue weighted by Crippen LogP contribution is 2.35. The van der Waals surface area contributed by atoms with Crippen LogP contribution in [0.3, 0.4) is 0 Å². The normalized spacial score (nSPS) is 19.1. The number of nitrogens with one attached hydrogen (secondary N) is 1. The number of hydrogen-bond acceptors (Lipinski definition) is 9. The van der Waals surface area contributed by atoms with Gasteiger partial charge in [-0.15, -0.1) is 0 Å². The quantitative estimate of drug-likeness (QED) is 0.501. The van der Waals surface area contributed by atoms with Crippen LogP contribution in [0.2, 0.25) is 0 Å². The molecule has 4 rings (SSSR count). The Morgan fingerprint density at radius 2 is 1.91 bits per heavy atom. The highest BCUT2D eigenvalue weighted by molar-refractivity contribution is 5.75. The number of nitrogens with zero attached hydrogens (tertiary/aromatic N) is 4. The Morgan fingerprint density at radius 1 is 1.17 bits per heavy atom. The molecule has 1 fully saturated rings. The number of benzene rings is 1. The van der Waals surface area contributed by atoms with Gasteiger partial charge >= 0.3 is 0 Å². The minimum atomic E-state index is -0.595. The van der Waals surface area contributed by atoms with Crippen LogP contribution in [0.4, 0.5) is 5.82 Å². The Hall–Kier alpha value is -3.01. The fraction of sp³-hybridized carbons (Fsp3) is 0.500. The molecule has 3 heterocycles. The maximum atomic E-state index is 10.0. The van der Waals surface area contributed by atoms with Gasteiger partial charge in [0.25, 0.3) is 0 Å². The number of anilines is 1. The molecule has 3 atom stereocenters. The maximum Gasteiger partial charge on any atom is 0.162 e. The number of morpholine rings is 1. The molecule has 1 aliphatic rings. The van der Waals surface area contributed by atoms with E-state index in [4.69, 9.17) is 24.0 Å². The van der Waals surface area contributed by atoms with Gasteiger partial charge in [-0.1, -0.05) is 17.3 Å².